The first-order chi connectivity index (χ1) is 13.5. The zero-order chi connectivity index (χ0) is 19.7. The highest BCUT2D eigenvalue weighted by atomic mass is 35.5. The van der Waals surface area contributed by atoms with Crippen LogP contribution >= 0.6 is 22.9 Å². The number of amides is 1. The first kappa shape index (κ1) is 18.7. The highest BCUT2D eigenvalue weighted by molar-refractivity contribution is 7.20. The highest BCUT2D eigenvalue weighted by Gasteiger charge is 2.18. The fraction of sp³-hybridized carbons (Fsp3) is 0.190. The summed E-state index contributed by atoms with van der Waals surface area (Å²) in [5.74, 6) is -0.100. The van der Waals surface area contributed by atoms with Gasteiger partial charge in [0.25, 0.3) is 5.91 Å². The van der Waals surface area contributed by atoms with E-state index in [1.54, 1.807) is 6.20 Å². The Labute approximate surface area is 172 Å². The van der Waals surface area contributed by atoms with Crippen molar-refractivity contribution in [2.45, 2.75) is 26.4 Å². The van der Waals surface area contributed by atoms with Crippen molar-refractivity contribution in [3.8, 4) is 0 Å². The van der Waals surface area contributed by atoms with Crippen molar-refractivity contribution < 1.29 is 4.79 Å². The lowest BCUT2D eigenvalue weighted by Crippen LogP contribution is -2.26. The van der Waals surface area contributed by atoms with Gasteiger partial charge in [-0.3, -0.25) is 14.5 Å². The van der Waals surface area contributed by atoms with Crippen molar-refractivity contribution >= 4 is 39.1 Å². The minimum atomic E-state index is -0.162. The monoisotopic (exact) mass is 410 g/mol. The van der Waals surface area contributed by atoms with E-state index in [1.165, 1.54) is 11.3 Å². The largest absolute Gasteiger partial charge is 0.343 e. The molecule has 1 atom stereocenters. The molecule has 0 aliphatic heterocycles. The minimum Gasteiger partial charge on any atom is -0.343 e. The number of aryl methyl sites for hydroxylation is 1. The maximum atomic E-state index is 12.7. The number of nitrogens with zero attached hydrogens (tertiary/aromatic N) is 3. The second-order valence-electron chi connectivity index (χ2n) is 6.65. The number of benzene rings is 1. The third kappa shape index (κ3) is 3.79. The molecule has 0 spiro atoms. The fourth-order valence-electron chi connectivity index (χ4n) is 3.07. The smallest absolute Gasteiger partial charge is 0.261 e. The van der Waals surface area contributed by atoms with Gasteiger partial charge in [0.15, 0.2) is 0 Å². The predicted molar refractivity (Wildman–Crippen MR) is 113 cm³/mol. The van der Waals surface area contributed by atoms with Crippen LogP contribution in [0.5, 0.6) is 0 Å². The molecule has 3 heterocycles. The van der Waals surface area contributed by atoms with Gasteiger partial charge in [0.1, 0.15) is 4.83 Å². The van der Waals surface area contributed by atoms with Gasteiger partial charge in [0.2, 0.25) is 0 Å². The van der Waals surface area contributed by atoms with Gasteiger partial charge in [-0.25, -0.2) is 0 Å². The summed E-state index contributed by atoms with van der Waals surface area (Å²) in [4.78, 5) is 18.7. The molecule has 142 valence electrons. The fourth-order valence-corrected chi connectivity index (χ4v) is 4.26. The van der Waals surface area contributed by atoms with Crippen molar-refractivity contribution in [3.63, 3.8) is 0 Å². The van der Waals surface area contributed by atoms with Crippen molar-refractivity contribution in [2.75, 3.05) is 0 Å². The van der Waals surface area contributed by atoms with E-state index in [2.05, 4.69) is 15.4 Å². The van der Waals surface area contributed by atoms with E-state index >= 15 is 0 Å². The molecule has 0 bridgehead atoms. The molecule has 5 nitrogen and oxygen atoms in total. The first-order valence-electron chi connectivity index (χ1n) is 8.94. The molecular formula is C21H19ClN4OS. The van der Waals surface area contributed by atoms with Gasteiger partial charge in [-0.05, 0) is 49.7 Å². The molecular weight excluding hydrogens is 392 g/mol. The van der Waals surface area contributed by atoms with E-state index in [0.717, 1.165) is 27.2 Å². The number of hydrogen-bond acceptors (Lipinski definition) is 4. The number of halogens is 1. The predicted octanol–water partition coefficient (Wildman–Crippen LogP) is 4.99. The Balaban J connectivity index is 1.57. The summed E-state index contributed by atoms with van der Waals surface area (Å²) in [6, 6.07) is 15.2. The molecule has 0 saturated heterocycles. The Hall–Kier alpha value is -2.70. The Morgan fingerprint density at radius 2 is 2.04 bits per heavy atom. The summed E-state index contributed by atoms with van der Waals surface area (Å²) in [6.45, 7) is 4.53. The van der Waals surface area contributed by atoms with Gasteiger partial charge in [-0.15, -0.1) is 11.3 Å². The topological polar surface area (TPSA) is 59.8 Å². The number of aromatic nitrogens is 3. The standard InChI is InChI=1S/C21H19ClN4OS/c1-13-17-11-19(20(27)24-14(2)18-5-3-4-10-23-18)28-21(17)26(25-13)12-15-6-8-16(22)9-7-15/h3-11,14H,12H2,1-2H3,(H,24,27). The second-order valence-corrected chi connectivity index (χ2v) is 8.12. The molecule has 1 aromatic carbocycles. The van der Waals surface area contributed by atoms with E-state index in [9.17, 15) is 4.79 Å². The van der Waals surface area contributed by atoms with Crippen LogP contribution in [-0.4, -0.2) is 20.7 Å². The van der Waals surface area contributed by atoms with Gasteiger partial charge in [0.05, 0.1) is 28.9 Å². The molecule has 28 heavy (non-hydrogen) atoms. The number of fused-ring (bicyclic) bond motifs is 1. The molecule has 7 heteroatoms. The van der Waals surface area contributed by atoms with Gasteiger partial charge in [-0.2, -0.15) is 5.10 Å². The van der Waals surface area contributed by atoms with Crippen LogP contribution in [0, 0.1) is 6.92 Å². The van der Waals surface area contributed by atoms with Crippen molar-refractivity contribution in [3.05, 3.63) is 81.6 Å². The van der Waals surface area contributed by atoms with E-state index in [4.69, 9.17) is 11.6 Å². The number of rotatable bonds is 5. The molecule has 1 unspecified atom stereocenters. The van der Waals surface area contributed by atoms with Gasteiger partial charge >= 0.3 is 0 Å². The first-order valence-corrected chi connectivity index (χ1v) is 10.1. The Kier molecular flexibility index (Phi) is 5.15. The number of pyridine rings is 1. The molecule has 0 fully saturated rings. The van der Waals surface area contributed by atoms with E-state index in [1.807, 2.05) is 67.1 Å². The number of carbonyl (C=O) groups excluding carboxylic acids is 1. The SMILES string of the molecule is Cc1nn(Cc2ccc(Cl)cc2)c2sc(C(=O)NC(C)c3ccccn3)cc12. The normalized spacial score (nSPS) is 12.2. The van der Waals surface area contributed by atoms with Gasteiger partial charge < -0.3 is 5.32 Å². The van der Waals surface area contributed by atoms with E-state index in [-0.39, 0.29) is 11.9 Å². The zero-order valence-corrected chi connectivity index (χ0v) is 17.1. The number of carbonyl (C=O) groups is 1. The van der Waals surface area contributed by atoms with Crippen LogP contribution in [0.2, 0.25) is 5.02 Å². The van der Waals surface area contributed by atoms with Crippen molar-refractivity contribution in [1.29, 1.82) is 0 Å². The number of hydrogen-bond donors (Lipinski definition) is 1. The highest BCUT2D eigenvalue weighted by Crippen LogP contribution is 2.29. The summed E-state index contributed by atoms with van der Waals surface area (Å²) in [7, 11) is 0. The van der Waals surface area contributed by atoms with Crippen LogP contribution in [0.25, 0.3) is 10.2 Å². The minimum absolute atomic E-state index is 0.100. The summed E-state index contributed by atoms with van der Waals surface area (Å²) < 4.78 is 1.94. The Morgan fingerprint density at radius 1 is 1.25 bits per heavy atom. The maximum absolute atomic E-state index is 12.7. The lowest BCUT2D eigenvalue weighted by atomic mass is 10.2. The van der Waals surface area contributed by atoms with Crippen LogP contribution in [0.4, 0.5) is 0 Å². The van der Waals surface area contributed by atoms with Crippen LogP contribution < -0.4 is 5.32 Å². The van der Waals surface area contributed by atoms with Gasteiger partial charge in [0, 0.05) is 16.6 Å². The molecule has 1 N–H and O–H groups in total. The number of thiophene rings is 1. The molecule has 4 rings (SSSR count). The van der Waals surface area contributed by atoms with Crippen LogP contribution in [0.1, 0.15) is 39.6 Å². The molecule has 0 saturated carbocycles. The van der Waals surface area contributed by atoms with Crippen LogP contribution in [-0.2, 0) is 6.54 Å². The maximum Gasteiger partial charge on any atom is 0.261 e. The van der Waals surface area contributed by atoms with Crippen molar-refractivity contribution in [1.82, 2.24) is 20.1 Å². The summed E-state index contributed by atoms with van der Waals surface area (Å²) in [5.41, 5.74) is 2.86. The summed E-state index contributed by atoms with van der Waals surface area (Å²) in [6.07, 6.45) is 1.73. The summed E-state index contributed by atoms with van der Waals surface area (Å²) in [5, 5.41) is 9.37. The summed E-state index contributed by atoms with van der Waals surface area (Å²) >= 11 is 7.42. The van der Waals surface area contributed by atoms with Crippen LogP contribution in [0.3, 0.4) is 0 Å². The van der Waals surface area contributed by atoms with Gasteiger partial charge in [-0.1, -0.05) is 29.8 Å². The van der Waals surface area contributed by atoms with E-state index in [0.29, 0.717) is 16.4 Å². The average molecular weight is 411 g/mol. The molecule has 0 radical (unpaired) electrons. The second kappa shape index (κ2) is 7.73. The van der Waals surface area contributed by atoms with Crippen molar-refractivity contribution in [2.24, 2.45) is 0 Å². The lowest BCUT2D eigenvalue weighted by molar-refractivity contribution is 0.0943. The lowest BCUT2D eigenvalue weighted by Gasteiger charge is -2.12. The molecule has 0 aliphatic rings. The molecule has 4 aromatic rings. The Morgan fingerprint density at radius 3 is 2.75 bits per heavy atom. The van der Waals surface area contributed by atoms with E-state index < -0.39 is 0 Å². The third-order valence-electron chi connectivity index (χ3n) is 4.56. The quantitative estimate of drug-likeness (QED) is 0.504. The zero-order valence-electron chi connectivity index (χ0n) is 15.5. The average Bonchev–Trinajstić information content (AvgIpc) is 3.26. The third-order valence-corrected chi connectivity index (χ3v) is 5.95. The molecule has 1 amide bonds. The molecule has 3 aromatic heterocycles. The Bertz CT molecular complexity index is 1120. The molecule has 0 aliphatic carbocycles. The number of nitrogens with one attached hydrogen (secondary N) is 1. The van der Waals surface area contributed by atoms with Crippen LogP contribution in [0.15, 0.2) is 54.7 Å².